The molecule has 2 unspecified atom stereocenters. The maximum Gasteiger partial charge on any atom is 0.119 e. The first-order valence-corrected chi connectivity index (χ1v) is 7.14. The van der Waals surface area contributed by atoms with Gasteiger partial charge in [-0.2, -0.15) is 0 Å². The van der Waals surface area contributed by atoms with E-state index in [4.69, 9.17) is 4.74 Å². The molecule has 0 saturated heterocycles. The van der Waals surface area contributed by atoms with E-state index in [0.29, 0.717) is 5.41 Å². The third kappa shape index (κ3) is 2.86. The molecule has 1 N–H and O–H groups in total. The fourth-order valence-electron chi connectivity index (χ4n) is 2.57. The lowest BCUT2D eigenvalue weighted by Crippen LogP contribution is -2.19. The minimum atomic E-state index is 0.380. The van der Waals surface area contributed by atoms with Crippen molar-refractivity contribution < 1.29 is 4.74 Å². The summed E-state index contributed by atoms with van der Waals surface area (Å²) in [5.41, 5.74) is 1.83. The van der Waals surface area contributed by atoms with Crippen LogP contribution in [0.15, 0.2) is 24.3 Å². The summed E-state index contributed by atoms with van der Waals surface area (Å²) in [5.74, 6) is 1.79. The Bertz CT molecular complexity index is 373. The molecule has 0 aromatic heterocycles. The van der Waals surface area contributed by atoms with Gasteiger partial charge in [0.2, 0.25) is 0 Å². The predicted molar refractivity (Wildman–Crippen MR) is 76.2 cm³/mol. The summed E-state index contributed by atoms with van der Waals surface area (Å²) >= 11 is 0. The molecule has 0 aliphatic heterocycles. The molecule has 100 valence electrons. The molecule has 1 aromatic carbocycles. The van der Waals surface area contributed by atoms with Gasteiger partial charge >= 0.3 is 0 Å². The van der Waals surface area contributed by atoms with E-state index in [1.807, 2.05) is 0 Å². The lowest BCUT2D eigenvalue weighted by molar-refractivity contribution is 0.317. The van der Waals surface area contributed by atoms with Crippen LogP contribution in [0.4, 0.5) is 0 Å². The topological polar surface area (TPSA) is 21.3 Å². The number of ether oxygens (including phenoxy) is 1. The molecular weight excluding hydrogens is 222 g/mol. The Labute approximate surface area is 111 Å². The SMILES string of the molecule is CCCOc1ccc(C2(C)CC2CNCC)cc1. The molecule has 18 heavy (non-hydrogen) atoms. The number of hydrogen-bond acceptors (Lipinski definition) is 2. The maximum atomic E-state index is 5.62. The van der Waals surface area contributed by atoms with Gasteiger partial charge in [0.05, 0.1) is 6.61 Å². The smallest absolute Gasteiger partial charge is 0.119 e. The maximum absolute atomic E-state index is 5.62. The lowest BCUT2D eigenvalue weighted by Gasteiger charge is -2.13. The standard InChI is InChI=1S/C16H25NO/c1-4-10-18-15-8-6-13(7-9-15)16(3)11-14(16)12-17-5-2/h6-9,14,17H,4-5,10-12H2,1-3H3. The molecule has 2 heteroatoms. The van der Waals surface area contributed by atoms with E-state index in [-0.39, 0.29) is 0 Å². The number of benzene rings is 1. The average molecular weight is 247 g/mol. The zero-order valence-corrected chi connectivity index (χ0v) is 11.8. The van der Waals surface area contributed by atoms with Crippen molar-refractivity contribution >= 4 is 0 Å². The largest absolute Gasteiger partial charge is 0.494 e. The molecule has 0 amide bonds. The van der Waals surface area contributed by atoms with Crippen molar-refractivity contribution in [1.29, 1.82) is 0 Å². The molecule has 0 heterocycles. The highest BCUT2D eigenvalue weighted by molar-refractivity contribution is 5.37. The highest BCUT2D eigenvalue weighted by Gasteiger charge is 2.50. The van der Waals surface area contributed by atoms with Crippen LogP contribution in [-0.4, -0.2) is 19.7 Å². The van der Waals surface area contributed by atoms with Crippen molar-refractivity contribution in [2.24, 2.45) is 5.92 Å². The molecule has 1 saturated carbocycles. The van der Waals surface area contributed by atoms with E-state index < -0.39 is 0 Å². The van der Waals surface area contributed by atoms with Gasteiger partial charge in [0.15, 0.2) is 0 Å². The third-order valence-corrected chi connectivity index (χ3v) is 4.04. The molecule has 2 rings (SSSR count). The summed E-state index contributed by atoms with van der Waals surface area (Å²) in [6.07, 6.45) is 2.36. The van der Waals surface area contributed by atoms with Crippen LogP contribution in [0, 0.1) is 5.92 Å². The molecule has 2 nitrogen and oxygen atoms in total. The molecular formula is C16H25NO. The van der Waals surface area contributed by atoms with Crippen LogP contribution in [0.2, 0.25) is 0 Å². The Morgan fingerprint density at radius 3 is 2.61 bits per heavy atom. The Hall–Kier alpha value is -1.02. The van der Waals surface area contributed by atoms with Crippen molar-refractivity contribution in [2.45, 2.75) is 39.0 Å². The van der Waals surface area contributed by atoms with E-state index in [9.17, 15) is 0 Å². The summed E-state index contributed by atoms with van der Waals surface area (Å²) in [5, 5.41) is 3.45. The van der Waals surface area contributed by atoms with Gasteiger partial charge < -0.3 is 10.1 Å². The fourth-order valence-corrected chi connectivity index (χ4v) is 2.57. The van der Waals surface area contributed by atoms with Crippen molar-refractivity contribution in [1.82, 2.24) is 5.32 Å². The zero-order chi connectivity index (χ0) is 13.0. The second kappa shape index (κ2) is 5.75. The Morgan fingerprint density at radius 1 is 1.28 bits per heavy atom. The van der Waals surface area contributed by atoms with E-state index in [0.717, 1.165) is 37.8 Å². The second-order valence-corrected chi connectivity index (χ2v) is 5.50. The van der Waals surface area contributed by atoms with Gasteiger partial charge in [-0.05, 0) is 55.0 Å². The van der Waals surface area contributed by atoms with Crippen LogP contribution >= 0.6 is 0 Å². The van der Waals surface area contributed by atoms with E-state index in [2.05, 4.69) is 50.4 Å². The quantitative estimate of drug-likeness (QED) is 0.797. The Balaban J connectivity index is 1.94. The molecule has 0 bridgehead atoms. The minimum absolute atomic E-state index is 0.380. The van der Waals surface area contributed by atoms with Gasteiger partial charge in [0.1, 0.15) is 5.75 Å². The van der Waals surface area contributed by atoms with Crippen LogP contribution < -0.4 is 10.1 Å². The first-order valence-electron chi connectivity index (χ1n) is 7.14. The summed E-state index contributed by atoms with van der Waals surface area (Å²) in [4.78, 5) is 0. The van der Waals surface area contributed by atoms with Crippen LogP contribution in [0.5, 0.6) is 5.75 Å². The van der Waals surface area contributed by atoms with Crippen molar-refractivity contribution in [3.05, 3.63) is 29.8 Å². The van der Waals surface area contributed by atoms with Crippen LogP contribution in [0.3, 0.4) is 0 Å². The molecule has 1 fully saturated rings. The van der Waals surface area contributed by atoms with Gasteiger partial charge in [-0.3, -0.25) is 0 Å². The predicted octanol–water partition coefficient (Wildman–Crippen LogP) is 3.36. The number of rotatable bonds is 7. The first-order chi connectivity index (χ1) is 8.70. The summed E-state index contributed by atoms with van der Waals surface area (Å²) in [6.45, 7) is 9.68. The minimum Gasteiger partial charge on any atom is -0.494 e. The lowest BCUT2D eigenvalue weighted by atomic mass is 9.95. The van der Waals surface area contributed by atoms with Gasteiger partial charge in [0.25, 0.3) is 0 Å². The second-order valence-electron chi connectivity index (χ2n) is 5.50. The third-order valence-electron chi connectivity index (χ3n) is 4.04. The van der Waals surface area contributed by atoms with Gasteiger partial charge in [-0.15, -0.1) is 0 Å². The van der Waals surface area contributed by atoms with Crippen LogP contribution in [0.25, 0.3) is 0 Å². The van der Waals surface area contributed by atoms with E-state index >= 15 is 0 Å². The molecule has 0 radical (unpaired) electrons. The van der Waals surface area contributed by atoms with Crippen LogP contribution in [-0.2, 0) is 5.41 Å². The highest BCUT2D eigenvalue weighted by Crippen LogP contribution is 2.53. The summed E-state index contributed by atoms with van der Waals surface area (Å²) in [6, 6.07) is 8.69. The molecule has 1 aliphatic rings. The molecule has 1 aromatic rings. The zero-order valence-electron chi connectivity index (χ0n) is 11.8. The van der Waals surface area contributed by atoms with Crippen molar-refractivity contribution in [3.63, 3.8) is 0 Å². The van der Waals surface area contributed by atoms with Gasteiger partial charge in [-0.25, -0.2) is 0 Å². The molecule has 0 spiro atoms. The number of nitrogens with one attached hydrogen (secondary N) is 1. The summed E-state index contributed by atoms with van der Waals surface area (Å²) < 4.78 is 5.62. The molecule has 2 atom stereocenters. The normalized spacial score (nSPS) is 26.1. The average Bonchev–Trinajstić information content (AvgIpc) is 3.07. The van der Waals surface area contributed by atoms with Crippen molar-refractivity contribution in [2.75, 3.05) is 19.7 Å². The monoisotopic (exact) mass is 247 g/mol. The van der Waals surface area contributed by atoms with Gasteiger partial charge in [0, 0.05) is 0 Å². The first kappa shape index (κ1) is 13.4. The Kier molecular flexibility index (Phi) is 4.28. The number of hydrogen-bond donors (Lipinski definition) is 1. The molecule has 1 aliphatic carbocycles. The van der Waals surface area contributed by atoms with Crippen LogP contribution in [0.1, 0.15) is 39.2 Å². The fraction of sp³-hybridized carbons (Fsp3) is 0.625. The Morgan fingerprint density at radius 2 is 2.00 bits per heavy atom. The van der Waals surface area contributed by atoms with E-state index in [1.165, 1.54) is 12.0 Å². The van der Waals surface area contributed by atoms with E-state index in [1.54, 1.807) is 0 Å². The highest BCUT2D eigenvalue weighted by atomic mass is 16.5. The van der Waals surface area contributed by atoms with Gasteiger partial charge in [-0.1, -0.05) is 32.9 Å². The summed E-state index contributed by atoms with van der Waals surface area (Å²) in [7, 11) is 0. The van der Waals surface area contributed by atoms with Crippen molar-refractivity contribution in [3.8, 4) is 5.75 Å².